The molecule has 9 heteroatoms. The van der Waals surface area contributed by atoms with E-state index in [-0.39, 0.29) is 35.6 Å². The Balaban J connectivity index is 1.64. The van der Waals surface area contributed by atoms with Gasteiger partial charge < -0.3 is 26.2 Å². The normalized spacial score (nSPS) is 29.4. The van der Waals surface area contributed by atoms with E-state index in [4.69, 9.17) is 5.73 Å². The lowest BCUT2D eigenvalue weighted by atomic mass is 9.58. The number of rotatable bonds is 2. The lowest BCUT2D eigenvalue weighted by molar-refractivity contribution is -0.148. The summed E-state index contributed by atoms with van der Waals surface area (Å²) in [7, 11) is 3.20. The minimum atomic E-state index is -2.64. The van der Waals surface area contributed by atoms with E-state index in [0.717, 1.165) is 25.7 Å². The van der Waals surface area contributed by atoms with Gasteiger partial charge in [0.25, 0.3) is 5.91 Å². The maximum absolute atomic E-state index is 13.7. The van der Waals surface area contributed by atoms with Gasteiger partial charge in [-0.1, -0.05) is 31.1 Å². The Labute approximate surface area is 220 Å². The molecular weight excluding hydrogens is 488 g/mol. The predicted octanol–water partition coefficient (Wildman–Crippen LogP) is 2.05. The average molecular weight is 521 g/mol. The van der Waals surface area contributed by atoms with Crippen molar-refractivity contribution in [3.05, 3.63) is 51.5 Å². The number of hydrogen-bond acceptors (Lipinski definition) is 8. The van der Waals surface area contributed by atoms with Crippen LogP contribution < -0.4 is 5.73 Å². The molecular formula is C29H32N2O7. The molecule has 1 fully saturated rings. The van der Waals surface area contributed by atoms with Gasteiger partial charge in [-0.05, 0) is 63.4 Å². The molecule has 0 aromatic heterocycles. The van der Waals surface area contributed by atoms with Crippen molar-refractivity contribution in [1.29, 1.82) is 0 Å². The minimum absolute atomic E-state index is 0.0128. The van der Waals surface area contributed by atoms with E-state index in [1.165, 1.54) is 17.4 Å². The first-order chi connectivity index (χ1) is 18.0. The average Bonchev–Trinajstić information content (AvgIpc) is 2.86. The number of carbonyl (C=O) groups excluding carboxylic acids is 3. The highest BCUT2D eigenvalue weighted by Crippen LogP contribution is 2.52. The topological polar surface area (TPSA) is 161 Å². The molecule has 4 atom stereocenters. The molecule has 1 aromatic rings. The van der Waals surface area contributed by atoms with Gasteiger partial charge in [-0.2, -0.15) is 0 Å². The van der Waals surface area contributed by atoms with E-state index in [1.807, 2.05) is 0 Å². The highest BCUT2D eigenvalue weighted by atomic mass is 16.3. The Morgan fingerprint density at radius 1 is 1.11 bits per heavy atom. The summed E-state index contributed by atoms with van der Waals surface area (Å²) in [4.78, 5) is 40.7. The number of allylic oxidation sites excluding steroid dienone is 1. The number of amides is 1. The van der Waals surface area contributed by atoms with E-state index in [0.29, 0.717) is 11.1 Å². The number of ketones is 2. The van der Waals surface area contributed by atoms with E-state index >= 15 is 0 Å². The summed E-state index contributed by atoms with van der Waals surface area (Å²) in [6.07, 6.45) is 5.82. The lowest BCUT2D eigenvalue weighted by Crippen LogP contribution is -2.63. The zero-order valence-electron chi connectivity index (χ0n) is 21.5. The third-order valence-corrected chi connectivity index (χ3v) is 8.62. The van der Waals surface area contributed by atoms with E-state index in [1.54, 1.807) is 20.2 Å². The number of fused-ring (bicyclic) bond motifs is 3. The van der Waals surface area contributed by atoms with Crippen LogP contribution in [0.5, 0.6) is 5.75 Å². The molecule has 4 unspecified atom stereocenters. The number of likely N-dealkylation sites (N-methyl/N-ethyl adjacent to an activating group) is 1. The molecule has 0 bridgehead atoms. The molecule has 4 aliphatic carbocycles. The number of phenolic OH excluding ortho intramolecular Hbond substituents is 1. The molecule has 1 amide bonds. The fourth-order valence-corrected chi connectivity index (χ4v) is 6.79. The summed E-state index contributed by atoms with van der Waals surface area (Å²) in [6, 6.07) is 2.06. The summed E-state index contributed by atoms with van der Waals surface area (Å²) in [5.74, 6) is 0.231. The fourth-order valence-electron chi connectivity index (χ4n) is 6.79. The summed E-state index contributed by atoms with van der Waals surface area (Å²) in [5, 5.41) is 44.5. The van der Waals surface area contributed by atoms with E-state index < -0.39 is 58.0 Å². The number of nitrogens with two attached hydrogens (primary N) is 1. The molecule has 4 aliphatic rings. The largest absolute Gasteiger partial charge is 0.510 e. The van der Waals surface area contributed by atoms with Crippen molar-refractivity contribution >= 4 is 17.5 Å². The van der Waals surface area contributed by atoms with Crippen LogP contribution in [0.3, 0.4) is 0 Å². The maximum Gasteiger partial charge on any atom is 0.255 e. The van der Waals surface area contributed by atoms with E-state index in [9.17, 15) is 34.8 Å². The van der Waals surface area contributed by atoms with Crippen LogP contribution in [0.4, 0.5) is 0 Å². The first-order valence-corrected chi connectivity index (χ1v) is 13.0. The number of hydrogen-bond donors (Lipinski definition) is 5. The van der Waals surface area contributed by atoms with Crippen molar-refractivity contribution in [3.63, 3.8) is 0 Å². The monoisotopic (exact) mass is 520 g/mol. The lowest BCUT2D eigenvalue weighted by Gasteiger charge is -2.50. The second-order valence-electron chi connectivity index (χ2n) is 11.1. The molecule has 0 radical (unpaired) electrons. The molecule has 6 N–H and O–H groups in total. The maximum atomic E-state index is 13.7. The zero-order valence-corrected chi connectivity index (χ0v) is 21.5. The van der Waals surface area contributed by atoms with Crippen LogP contribution in [0.25, 0.3) is 0 Å². The van der Waals surface area contributed by atoms with Gasteiger partial charge in [0.1, 0.15) is 22.8 Å². The van der Waals surface area contributed by atoms with Crippen LogP contribution in [0, 0.1) is 29.6 Å². The van der Waals surface area contributed by atoms with Crippen LogP contribution in [0.1, 0.15) is 60.0 Å². The van der Waals surface area contributed by atoms with Gasteiger partial charge in [0.2, 0.25) is 5.78 Å². The number of aliphatic hydroxyl groups is 3. The van der Waals surface area contributed by atoms with Crippen molar-refractivity contribution in [2.24, 2.45) is 23.5 Å². The quantitative estimate of drug-likeness (QED) is 0.292. The zero-order chi connectivity index (χ0) is 27.5. The van der Waals surface area contributed by atoms with Crippen molar-refractivity contribution in [1.82, 2.24) is 4.90 Å². The van der Waals surface area contributed by atoms with Crippen LogP contribution >= 0.6 is 0 Å². The highest BCUT2D eigenvalue weighted by Gasteiger charge is 2.63. The first kappa shape index (κ1) is 26.0. The van der Waals surface area contributed by atoms with E-state index in [2.05, 4.69) is 11.8 Å². The molecule has 1 aromatic carbocycles. The Kier molecular flexibility index (Phi) is 6.36. The van der Waals surface area contributed by atoms with Gasteiger partial charge in [0.15, 0.2) is 11.4 Å². The Hall–Kier alpha value is -3.61. The summed E-state index contributed by atoms with van der Waals surface area (Å²) in [6.45, 7) is 0. The summed E-state index contributed by atoms with van der Waals surface area (Å²) >= 11 is 0. The van der Waals surface area contributed by atoms with Gasteiger partial charge in [0, 0.05) is 23.0 Å². The molecule has 5 rings (SSSR count). The predicted molar refractivity (Wildman–Crippen MR) is 137 cm³/mol. The molecule has 200 valence electrons. The SMILES string of the molecule is CN(C)C1C(O)=C(C(N)=O)C(=O)C2(O)C(O)=C3C(=O)c4c(O)ccc(C#CC5CCCCC5)c4CC3CC12. The third kappa shape index (κ3) is 3.74. The van der Waals surface area contributed by atoms with Gasteiger partial charge in [-0.25, -0.2) is 0 Å². The first-order valence-electron chi connectivity index (χ1n) is 13.0. The number of carbonyl (C=O) groups is 3. The van der Waals surface area contributed by atoms with Gasteiger partial charge in [-0.15, -0.1) is 0 Å². The Morgan fingerprint density at radius 3 is 2.42 bits per heavy atom. The number of aliphatic hydroxyl groups excluding tert-OH is 2. The van der Waals surface area contributed by atoms with Crippen LogP contribution in [-0.4, -0.2) is 68.5 Å². The highest BCUT2D eigenvalue weighted by molar-refractivity contribution is 6.24. The summed E-state index contributed by atoms with van der Waals surface area (Å²) < 4.78 is 0. The second kappa shape index (κ2) is 9.29. The Bertz CT molecular complexity index is 1370. The number of benzene rings is 1. The molecule has 0 heterocycles. The Morgan fingerprint density at radius 2 is 1.79 bits per heavy atom. The summed E-state index contributed by atoms with van der Waals surface area (Å²) in [5.41, 5.74) is 2.91. The smallest absolute Gasteiger partial charge is 0.255 e. The number of aromatic hydroxyl groups is 1. The molecule has 1 saturated carbocycles. The number of Topliss-reactive ketones (excluding diaryl/α,β-unsaturated/α-hetero) is 2. The standard InChI is InChI=1S/C29H32N2O7/c1-31(2)23-18-13-16-12-17-15(9-8-14-6-4-3-5-7-14)10-11-19(32)21(17)24(33)20(16)26(35)29(18,38)27(36)22(25(23)34)28(30)37/h10-11,14,16,18,23,32,34-35,38H,3-7,12-13H2,1-2H3,(H2,30,37). The number of primary amides is 1. The van der Waals surface area contributed by atoms with Crippen LogP contribution in [0.15, 0.2) is 34.8 Å². The molecule has 38 heavy (non-hydrogen) atoms. The number of nitrogens with zero attached hydrogens (tertiary/aromatic N) is 1. The molecule has 9 nitrogen and oxygen atoms in total. The van der Waals surface area contributed by atoms with Gasteiger partial charge in [0.05, 0.1) is 11.6 Å². The van der Waals surface area contributed by atoms with Gasteiger partial charge >= 0.3 is 0 Å². The molecule has 0 saturated heterocycles. The van der Waals surface area contributed by atoms with Crippen molar-refractivity contribution in [2.75, 3.05) is 14.1 Å². The third-order valence-electron chi connectivity index (χ3n) is 8.62. The molecule has 0 aliphatic heterocycles. The van der Waals surface area contributed by atoms with Crippen molar-refractivity contribution in [2.45, 2.75) is 56.6 Å². The number of phenols is 1. The van der Waals surface area contributed by atoms with Crippen LogP contribution in [0.2, 0.25) is 0 Å². The van der Waals surface area contributed by atoms with Crippen molar-refractivity contribution in [3.8, 4) is 17.6 Å². The van der Waals surface area contributed by atoms with Crippen molar-refractivity contribution < 1.29 is 34.8 Å². The second-order valence-corrected chi connectivity index (χ2v) is 11.1. The molecule has 0 spiro atoms. The minimum Gasteiger partial charge on any atom is -0.510 e. The van der Waals surface area contributed by atoms with Crippen LogP contribution in [-0.2, 0) is 16.0 Å². The van der Waals surface area contributed by atoms with Gasteiger partial charge in [-0.3, -0.25) is 19.3 Å². The fraction of sp³-hybridized carbons (Fsp3) is 0.483.